The second-order valence-electron chi connectivity index (χ2n) is 6.60. The van der Waals surface area contributed by atoms with Crippen LogP contribution in [0.4, 0.5) is 4.79 Å². The number of benzene rings is 1. The van der Waals surface area contributed by atoms with E-state index in [1.54, 1.807) is 0 Å². The molecule has 1 heterocycles. The second kappa shape index (κ2) is 9.87. The summed E-state index contributed by atoms with van der Waals surface area (Å²) in [5, 5.41) is 3.81. The van der Waals surface area contributed by atoms with Gasteiger partial charge in [-0.2, -0.15) is 0 Å². The van der Waals surface area contributed by atoms with Crippen LogP contribution in [0.15, 0.2) is 24.3 Å². The number of carbonyl (C=O) groups is 1. The van der Waals surface area contributed by atoms with Crippen molar-refractivity contribution < 1.29 is 4.79 Å². The van der Waals surface area contributed by atoms with Gasteiger partial charge in [-0.15, -0.1) is 0 Å². The third-order valence-electron chi connectivity index (χ3n) is 4.32. The number of hydrogen-bond donors (Lipinski definition) is 1. The van der Waals surface area contributed by atoms with E-state index in [-0.39, 0.29) is 6.03 Å². The molecule has 2 amide bonds. The monoisotopic (exact) mass is 352 g/mol. The summed E-state index contributed by atoms with van der Waals surface area (Å²) < 4.78 is 0. The molecule has 24 heavy (non-hydrogen) atoms. The molecule has 1 N–H and O–H groups in total. The van der Waals surface area contributed by atoms with Crippen molar-refractivity contribution in [2.75, 3.05) is 59.9 Å². The van der Waals surface area contributed by atoms with Crippen LogP contribution in [0.25, 0.3) is 0 Å². The highest BCUT2D eigenvalue weighted by atomic mass is 35.5. The maximum Gasteiger partial charge on any atom is 0.317 e. The fourth-order valence-corrected chi connectivity index (χ4v) is 3.07. The number of piperazine rings is 1. The summed E-state index contributed by atoms with van der Waals surface area (Å²) >= 11 is 6.02. The summed E-state index contributed by atoms with van der Waals surface area (Å²) in [6.45, 7) is 6.23. The molecule has 0 atom stereocenters. The number of hydrogen-bond acceptors (Lipinski definition) is 3. The predicted octanol–water partition coefficient (Wildman–Crippen LogP) is 2.16. The van der Waals surface area contributed by atoms with Crippen LogP contribution < -0.4 is 5.32 Å². The Kier molecular flexibility index (Phi) is 7.82. The molecule has 0 unspecified atom stereocenters. The van der Waals surface area contributed by atoms with Crippen LogP contribution >= 0.6 is 11.6 Å². The fraction of sp³-hybridized carbons (Fsp3) is 0.611. The smallest absolute Gasteiger partial charge is 0.317 e. The van der Waals surface area contributed by atoms with Crippen LogP contribution in [0.2, 0.25) is 5.02 Å². The van der Waals surface area contributed by atoms with Gasteiger partial charge >= 0.3 is 6.03 Å². The molecule has 5 nitrogen and oxygen atoms in total. The SMILES string of the molecule is CN(C)CCCNC(=O)N1CCN(CCc2cccc(Cl)c2)CC1. The minimum Gasteiger partial charge on any atom is -0.338 e. The quantitative estimate of drug-likeness (QED) is 0.764. The van der Waals surface area contributed by atoms with Gasteiger partial charge in [0.05, 0.1) is 0 Å². The Balaban J connectivity index is 1.63. The molecule has 0 aliphatic carbocycles. The summed E-state index contributed by atoms with van der Waals surface area (Å²) in [5.41, 5.74) is 1.27. The van der Waals surface area contributed by atoms with Gasteiger partial charge in [0.1, 0.15) is 0 Å². The summed E-state index contributed by atoms with van der Waals surface area (Å²) in [6.07, 6.45) is 1.98. The molecule has 134 valence electrons. The van der Waals surface area contributed by atoms with Crippen molar-refractivity contribution in [3.63, 3.8) is 0 Å². The molecule has 1 saturated heterocycles. The number of amides is 2. The maximum absolute atomic E-state index is 12.1. The molecule has 0 aromatic heterocycles. The van der Waals surface area contributed by atoms with Crippen molar-refractivity contribution >= 4 is 17.6 Å². The largest absolute Gasteiger partial charge is 0.338 e. The zero-order valence-corrected chi connectivity index (χ0v) is 15.6. The Bertz CT molecular complexity index is 515. The topological polar surface area (TPSA) is 38.8 Å². The summed E-state index contributed by atoms with van der Waals surface area (Å²) in [5.74, 6) is 0. The maximum atomic E-state index is 12.1. The molecule has 6 heteroatoms. The molecule has 0 saturated carbocycles. The van der Waals surface area contributed by atoms with Crippen molar-refractivity contribution in [3.8, 4) is 0 Å². The van der Waals surface area contributed by atoms with E-state index in [1.165, 1.54) is 5.56 Å². The van der Waals surface area contributed by atoms with Crippen molar-refractivity contribution in [1.82, 2.24) is 20.0 Å². The highest BCUT2D eigenvalue weighted by Gasteiger charge is 2.20. The van der Waals surface area contributed by atoms with E-state index in [1.807, 2.05) is 37.2 Å². The Morgan fingerprint density at radius 2 is 2.00 bits per heavy atom. The van der Waals surface area contributed by atoms with E-state index < -0.39 is 0 Å². The number of nitrogens with zero attached hydrogens (tertiary/aromatic N) is 3. The van der Waals surface area contributed by atoms with Gasteiger partial charge in [0.25, 0.3) is 0 Å². The average Bonchev–Trinajstić information content (AvgIpc) is 2.57. The molecule has 2 rings (SSSR count). The van der Waals surface area contributed by atoms with E-state index >= 15 is 0 Å². The molecule has 1 aromatic rings. The minimum atomic E-state index is 0.0725. The summed E-state index contributed by atoms with van der Waals surface area (Å²) in [7, 11) is 4.09. The van der Waals surface area contributed by atoms with Crippen LogP contribution in [0.3, 0.4) is 0 Å². The first-order valence-electron chi connectivity index (χ1n) is 8.69. The number of halogens is 1. The first kappa shape index (κ1) is 19.0. The zero-order chi connectivity index (χ0) is 17.4. The molecular weight excluding hydrogens is 324 g/mol. The Morgan fingerprint density at radius 3 is 2.67 bits per heavy atom. The van der Waals surface area contributed by atoms with Gasteiger partial charge in [-0.3, -0.25) is 4.90 Å². The lowest BCUT2D eigenvalue weighted by atomic mass is 10.1. The number of rotatable bonds is 7. The molecular formula is C18H29ClN4O. The third-order valence-corrected chi connectivity index (χ3v) is 4.56. The lowest BCUT2D eigenvalue weighted by Crippen LogP contribution is -2.52. The van der Waals surface area contributed by atoms with Crippen LogP contribution in [0.5, 0.6) is 0 Å². The standard InChI is InChI=1S/C18H29ClN4O/c1-21(2)9-4-8-20-18(24)23-13-11-22(12-14-23)10-7-16-5-3-6-17(19)15-16/h3,5-6,15H,4,7-14H2,1-2H3,(H,20,24). The van der Waals surface area contributed by atoms with Crippen molar-refractivity contribution in [2.24, 2.45) is 0 Å². The van der Waals surface area contributed by atoms with Crippen LogP contribution in [-0.2, 0) is 6.42 Å². The number of carbonyl (C=O) groups excluding carboxylic acids is 1. The Labute approximate surface area is 150 Å². The average molecular weight is 353 g/mol. The summed E-state index contributed by atoms with van der Waals surface area (Å²) in [6, 6.07) is 8.11. The van der Waals surface area contributed by atoms with Gasteiger partial charge in [0.15, 0.2) is 0 Å². The van der Waals surface area contributed by atoms with Gasteiger partial charge in [-0.25, -0.2) is 4.79 Å². The molecule has 1 aliphatic heterocycles. The Morgan fingerprint density at radius 1 is 1.25 bits per heavy atom. The van der Waals surface area contributed by atoms with E-state index in [0.717, 1.165) is 63.7 Å². The highest BCUT2D eigenvalue weighted by Crippen LogP contribution is 2.12. The van der Waals surface area contributed by atoms with Gasteiger partial charge < -0.3 is 15.1 Å². The second-order valence-corrected chi connectivity index (χ2v) is 7.03. The molecule has 1 aliphatic rings. The van der Waals surface area contributed by atoms with Crippen molar-refractivity contribution in [1.29, 1.82) is 0 Å². The third kappa shape index (κ3) is 6.67. The van der Waals surface area contributed by atoms with Crippen molar-refractivity contribution in [2.45, 2.75) is 12.8 Å². The predicted molar refractivity (Wildman–Crippen MR) is 99.7 cm³/mol. The van der Waals surface area contributed by atoms with E-state index in [0.29, 0.717) is 0 Å². The highest BCUT2D eigenvalue weighted by molar-refractivity contribution is 6.30. The normalized spacial score (nSPS) is 15.8. The van der Waals surface area contributed by atoms with E-state index in [2.05, 4.69) is 21.2 Å². The van der Waals surface area contributed by atoms with Gasteiger partial charge in [0.2, 0.25) is 0 Å². The van der Waals surface area contributed by atoms with E-state index in [9.17, 15) is 4.79 Å². The van der Waals surface area contributed by atoms with E-state index in [4.69, 9.17) is 11.6 Å². The molecule has 0 spiro atoms. The van der Waals surface area contributed by atoms with Gasteiger partial charge in [-0.05, 0) is 51.2 Å². The number of nitrogens with one attached hydrogen (secondary N) is 1. The van der Waals surface area contributed by atoms with Crippen LogP contribution in [0.1, 0.15) is 12.0 Å². The Hall–Kier alpha value is -1.30. The molecule has 0 bridgehead atoms. The molecule has 1 aromatic carbocycles. The van der Waals surface area contributed by atoms with Crippen LogP contribution in [-0.4, -0.2) is 80.6 Å². The van der Waals surface area contributed by atoms with Gasteiger partial charge in [0, 0.05) is 44.3 Å². The summed E-state index contributed by atoms with van der Waals surface area (Å²) in [4.78, 5) is 18.6. The zero-order valence-electron chi connectivity index (χ0n) is 14.8. The first-order chi connectivity index (χ1) is 11.5. The lowest BCUT2D eigenvalue weighted by Gasteiger charge is -2.34. The minimum absolute atomic E-state index is 0.0725. The molecule has 1 fully saturated rings. The fourth-order valence-electron chi connectivity index (χ4n) is 2.86. The van der Waals surface area contributed by atoms with Crippen molar-refractivity contribution in [3.05, 3.63) is 34.9 Å². The van der Waals surface area contributed by atoms with Gasteiger partial charge in [-0.1, -0.05) is 23.7 Å². The van der Waals surface area contributed by atoms with Crippen LogP contribution in [0, 0.1) is 0 Å². The number of urea groups is 1. The first-order valence-corrected chi connectivity index (χ1v) is 9.06. The molecule has 0 radical (unpaired) electrons. The lowest BCUT2D eigenvalue weighted by molar-refractivity contribution is 0.140.